The van der Waals surface area contributed by atoms with Gasteiger partial charge in [-0.3, -0.25) is 0 Å². The molecule has 0 spiro atoms. The Morgan fingerprint density at radius 1 is 1.00 bits per heavy atom. The highest BCUT2D eigenvalue weighted by Crippen LogP contribution is 2.30. The Morgan fingerprint density at radius 3 is 2.67 bits per heavy atom. The van der Waals surface area contributed by atoms with Crippen LogP contribution in [0.5, 0.6) is 11.5 Å². The highest BCUT2D eigenvalue weighted by atomic mass is 16.6. The van der Waals surface area contributed by atoms with Gasteiger partial charge in [-0.05, 0) is 76.1 Å². The van der Waals surface area contributed by atoms with Gasteiger partial charge in [0.15, 0.2) is 11.5 Å². The minimum Gasteiger partial charge on any atom is -0.486 e. The maximum Gasteiger partial charge on any atom is 0.161 e. The molecule has 0 atom stereocenters. The molecule has 0 aromatic heterocycles. The second kappa shape index (κ2) is 7.66. The fraction of sp³-hybridized carbons (Fsp3) is 0.647. The standard InChI is InChI=1S/C17H26N2O2/c1-2-10-19(9-1)11-3-7-18-8-6-15-4-5-16-17(14-15)21-13-12-20-16/h4-5,14,18H,1-3,6-13H2. The summed E-state index contributed by atoms with van der Waals surface area (Å²) >= 11 is 0. The van der Waals surface area contributed by atoms with Gasteiger partial charge < -0.3 is 19.7 Å². The lowest BCUT2D eigenvalue weighted by Gasteiger charge is -2.19. The third-order valence-electron chi connectivity index (χ3n) is 4.22. The van der Waals surface area contributed by atoms with E-state index in [1.807, 2.05) is 6.07 Å². The topological polar surface area (TPSA) is 33.7 Å². The quantitative estimate of drug-likeness (QED) is 0.780. The molecule has 1 aromatic carbocycles. The first-order chi connectivity index (χ1) is 10.4. The predicted molar refractivity (Wildman–Crippen MR) is 84.3 cm³/mol. The van der Waals surface area contributed by atoms with Gasteiger partial charge in [-0.15, -0.1) is 0 Å². The van der Waals surface area contributed by atoms with Crippen LogP contribution in [0.2, 0.25) is 0 Å². The largest absolute Gasteiger partial charge is 0.486 e. The number of ether oxygens (including phenoxy) is 2. The van der Waals surface area contributed by atoms with Crippen molar-refractivity contribution >= 4 is 0 Å². The van der Waals surface area contributed by atoms with Crippen molar-refractivity contribution in [3.63, 3.8) is 0 Å². The molecule has 0 aliphatic carbocycles. The Bertz CT molecular complexity index is 444. The number of nitrogens with zero attached hydrogens (tertiary/aromatic N) is 1. The highest BCUT2D eigenvalue weighted by molar-refractivity contribution is 5.43. The van der Waals surface area contributed by atoms with Gasteiger partial charge in [0.2, 0.25) is 0 Å². The van der Waals surface area contributed by atoms with E-state index in [2.05, 4.69) is 22.3 Å². The minimum atomic E-state index is 0.658. The van der Waals surface area contributed by atoms with Crippen LogP contribution in [-0.2, 0) is 6.42 Å². The molecule has 1 fully saturated rings. The summed E-state index contributed by atoms with van der Waals surface area (Å²) in [6.45, 7) is 7.31. The SMILES string of the molecule is c1cc2c(cc1CCNCCCN1CCCC1)OCCO2. The number of rotatable bonds is 7. The normalized spacial score (nSPS) is 18.1. The number of nitrogens with one attached hydrogen (secondary N) is 1. The Morgan fingerprint density at radius 2 is 1.81 bits per heavy atom. The molecular weight excluding hydrogens is 264 g/mol. The zero-order chi connectivity index (χ0) is 14.3. The van der Waals surface area contributed by atoms with E-state index in [9.17, 15) is 0 Å². The molecule has 4 nitrogen and oxygen atoms in total. The van der Waals surface area contributed by atoms with Gasteiger partial charge in [0.1, 0.15) is 13.2 Å². The van der Waals surface area contributed by atoms with E-state index in [0.717, 1.165) is 31.0 Å². The highest BCUT2D eigenvalue weighted by Gasteiger charge is 2.12. The molecule has 21 heavy (non-hydrogen) atoms. The van der Waals surface area contributed by atoms with Crippen LogP contribution < -0.4 is 14.8 Å². The summed E-state index contributed by atoms with van der Waals surface area (Å²) in [5.41, 5.74) is 1.31. The first kappa shape index (κ1) is 14.7. The van der Waals surface area contributed by atoms with E-state index in [-0.39, 0.29) is 0 Å². The zero-order valence-corrected chi connectivity index (χ0v) is 12.8. The summed E-state index contributed by atoms with van der Waals surface area (Å²) in [7, 11) is 0. The van der Waals surface area contributed by atoms with Gasteiger partial charge in [0.05, 0.1) is 0 Å². The molecule has 116 valence electrons. The van der Waals surface area contributed by atoms with Crippen molar-refractivity contribution in [3.8, 4) is 11.5 Å². The van der Waals surface area contributed by atoms with Crippen LogP contribution in [-0.4, -0.2) is 50.8 Å². The zero-order valence-electron chi connectivity index (χ0n) is 12.8. The lowest BCUT2D eigenvalue weighted by Crippen LogP contribution is -2.25. The summed E-state index contributed by atoms with van der Waals surface area (Å²) in [5, 5.41) is 3.54. The molecule has 0 bridgehead atoms. The van der Waals surface area contributed by atoms with Crippen LogP contribution in [0.25, 0.3) is 0 Å². The van der Waals surface area contributed by atoms with Gasteiger partial charge in [-0.25, -0.2) is 0 Å². The lowest BCUT2D eigenvalue weighted by atomic mass is 10.1. The van der Waals surface area contributed by atoms with E-state index in [4.69, 9.17) is 9.47 Å². The third-order valence-corrected chi connectivity index (χ3v) is 4.22. The number of hydrogen-bond acceptors (Lipinski definition) is 4. The maximum atomic E-state index is 5.62. The molecule has 0 unspecified atom stereocenters. The van der Waals surface area contributed by atoms with Gasteiger partial charge >= 0.3 is 0 Å². The van der Waals surface area contributed by atoms with Crippen molar-refractivity contribution in [2.75, 3.05) is 45.9 Å². The van der Waals surface area contributed by atoms with Crippen LogP contribution in [0.1, 0.15) is 24.8 Å². The Balaban J connectivity index is 1.31. The van der Waals surface area contributed by atoms with E-state index in [1.54, 1.807) is 0 Å². The molecular formula is C17H26N2O2. The monoisotopic (exact) mass is 290 g/mol. The van der Waals surface area contributed by atoms with Crippen molar-refractivity contribution in [1.82, 2.24) is 10.2 Å². The van der Waals surface area contributed by atoms with Gasteiger partial charge in [0.25, 0.3) is 0 Å². The molecule has 1 saturated heterocycles. The van der Waals surface area contributed by atoms with Gasteiger partial charge in [-0.2, -0.15) is 0 Å². The van der Waals surface area contributed by atoms with Crippen molar-refractivity contribution in [1.29, 1.82) is 0 Å². The average molecular weight is 290 g/mol. The molecule has 1 aromatic rings. The molecule has 0 radical (unpaired) electrons. The average Bonchev–Trinajstić information content (AvgIpc) is 3.04. The smallest absolute Gasteiger partial charge is 0.161 e. The third kappa shape index (κ3) is 4.35. The Hall–Kier alpha value is -1.26. The van der Waals surface area contributed by atoms with Crippen molar-refractivity contribution in [2.45, 2.75) is 25.7 Å². The van der Waals surface area contributed by atoms with Crippen LogP contribution in [0.3, 0.4) is 0 Å². The molecule has 2 aliphatic rings. The number of likely N-dealkylation sites (tertiary alicyclic amines) is 1. The molecule has 2 aliphatic heterocycles. The van der Waals surface area contributed by atoms with E-state index >= 15 is 0 Å². The molecule has 0 amide bonds. The summed E-state index contributed by atoms with van der Waals surface area (Å²) < 4.78 is 11.2. The summed E-state index contributed by atoms with van der Waals surface area (Å²) in [5.74, 6) is 1.77. The van der Waals surface area contributed by atoms with Gasteiger partial charge in [0, 0.05) is 0 Å². The van der Waals surface area contributed by atoms with Crippen LogP contribution >= 0.6 is 0 Å². The van der Waals surface area contributed by atoms with Crippen molar-refractivity contribution in [3.05, 3.63) is 23.8 Å². The first-order valence-corrected chi connectivity index (χ1v) is 8.23. The number of benzene rings is 1. The molecule has 4 heteroatoms. The Labute approximate surface area is 127 Å². The molecule has 2 heterocycles. The van der Waals surface area contributed by atoms with Crippen LogP contribution in [0.15, 0.2) is 18.2 Å². The number of hydrogen-bond donors (Lipinski definition) is 1. The van der Waals surface area contributed by atoms with Crippen LogP contribution in [0.4, 0.5) is 0 Å². The second-order valence-corrected chi connectivity index (χ2v) is 5.88. The molecule has 1 N–H and O–H groups in total. The predicted octanol–water partition coefficient (Wildman–Crippen LogP) is 2.08. The second-order valence-electron chi connectivity index (χ2n) is 5.88. The summed E-state index contributed by atoms with van der Waals surface area (Å²) in [4.78, 5) is 2.57. The van der Waals surface area contributed by atoms with Gasteiger partial charge in [-0.1, -0.05) is 6.07 Å². The molecule has 3 rings (SSSR count). The fourth-order valence-electron chi connectivity index (χ4n) is 3.03. The van der Waals surface area contributed by atoms with E-state index in [1.165, 1.54) is 44.5 Å². The Kier molecular flexibility index (Phi) is 5.35. The summed E-state index contributed by atoms with van der Waals surface area (Å²) in [6, 6.07) is 6.27. The summed E-state index contributed by atoms with van der Waals surface area (Å²) in [6.07, 6.45) is 5.07. The minimum absolute atomic E-state index is 0.658. The molecule has 0 saturated carbocycles. The van der Waals surface area contributed by atoms with Crippen molar-refractivity contribution in [2.24, 2.45) is 0 Å². The lowest BCUT2D eigenvalue weighted by molar-refractivity contribution is 0.171. The number of fused-ring (bicyclic) bond motifs is 1. The van der Waals surface area contributed by atoms with E-state index in [0.29, 0.717) is 13.2 Å². The van der Waals surface area contributed by atoms with Crippen molar-refractivity contribution < 1.29 is 9.47 Å². The van der Waals surface area contributed by atoms with Crippen LogP contribution in [0, 0.1) is 0 Å². The van der Waals surface area contributed by atoms with E-state index < -0.39 is 0 Å². The fourth-order valence-corrected chi connectivity index (χ4v) is 3.03. The first-order valence-electron chi connectivity index (χ1n) is 8.23. The maximum absolute atomic E-state index is 5.62.